The number of amides is 1. The zero-order valence-electron chi connectivity index (χ0n) is 21.5. The predicted octanol–water partition coefficient (Wildman–Crippen LogP) is 5.57. The van der Waals surface area contributed by atoms with E-state index in [9.17, 15) is 9.59 Å². The van der Waals surface area contributed by atoms with Gasteiger partial charge in [-0.3, -0.25) is 4.79 Å². The number of nitrogens with zero attached hydrogens (tertiary/aromatic N) is 1. The molecular weight excluding hydrogens is 428 g/mol. The largest absolute Gasteiger partial charge is 0.469 e. The zero-order valence-corrected chi connectivity index (χ0v) is 21.5. The maximum Gasteiger partial charge on any atom is 0.410 e. The minimum Gasteiger partial charge on any atom is -0.469 e. The zero-order chi connectivity index (χ0) is 24.7. The number of ether oxygens (including phenoxy) is 2. The van der Waals surface area contributed by atoms with Crippen molar-refractivity contribution in [3.8, 4) is 0 Å². The number of hydrogen-bond acceptors (Lipinski definition) is 5. The molecule has 0 spiro atoms. The molecule has 6 heteroatoms. The Morgan fingerprint density at radius 2 is 1.79 bits per heavy atom. The van der Waals surface area contributed by atoms with Crippen LogP contribution >= 0.6 is 0 Å². The molecule has 1 aromatic rings. The number of carbonyl (C=O) groups excluding carboxylic acids is 2. The second-order valence-corrected chi connectivity index (χ2v) is 10.6. The summed E-state index contributed by atoms with van der Waals surface area (Å²) < 4.78 is 10.6. The van der Waals surface area contributed by atoms with Gasteiger partial charge in [-0.15, -0.1) is 0 Å². The van der Waals surface area contributed by atoms with Crippen molar-refractivity contribution >= 4 is 18.1 Å². The van der Waals surface area contributed by atoms with Gasteiger partial charge in [0, 0.05) is 30.6 Å². The molecule has 188 valence electrons. The lowest BCUT2D eigenvalue weighted by Gasteiger charge is -2.38. The molecule has 1 N–H and O–H groups in total. The summed E-state index contributed by atoms with van der Waals surface area (Å²) >= 11 is 0. The van der Waals surface area contributed by atoms with Crippen LogP contribution in [0.2, 0.25) is 0 Å². The molecule has 0 radical (unpaired) electrons. The van der Waals surface area contributed by atoms with Crippen molar-refractivity contribution in [2.45, 2.75) is 96.4 Å². The minimum absolute atomic E-state index is 0.183. The highest BCUT2D eigenvalue weighted by molar-refractivity contribution is 5.70. The highest BCUT2D eigenvalue weighted by Crippen LogP contribution is 2.46. The maximum atomic E-state index is 13.3. The van der Waals surface area contributed by atoms with E-state index < -0.39 is 5.60 Å². The molecule has 2 aliphatic rings. The quantitative estimate of drug-likeness (QED) is 0.478. The van der Waals surface area contributed by atoms with E-state index in [4.69, 9.17) is 9.47 Å². The molecule has 0 bridgehead atoms. The lowest BCUT2D eigenvalue weighted by atomic mass is 9.90. The topological polar surface area (TPSA) is 67.9 Å². The van der Waals surface area contributed by atoms with Crippen LogP contribution in [0.15, 0.2) is 35.9 Å². The van der Waals surface area contributed by atoms with E-state index in [0.717, 1.165) is 38.5 Å². The van der Waals surface area contributed by atoms with Crippen molar-refractivity contribution in [1.82, 2.24) is 10.2 Å². The van der Waals surface area contributed by atoms with Gasteiger partial charge in [-0.2, -0.15) is 0 Å². The molecule has 0 heterocycles. The fourth-order valence-corrected chi connectivity index (χ4v) is 5.03. The van der Waals surface area contributed by atoms with Gasteiger partial charge in [0.2, 0.25) is 0 Å². The highest BCUT2D eigenvalue weighted by atomic mass is 16.6. The van der Waals surface area contributed by atoms with Crippen LogP contribution in [0.5, 0.6) is 0 Å². The summed E-state index contributed by atoms with van der Waals surface area (Å²) in [5.74, 6) is 0.209. The van der Waals surface area contributed by atoms with Gasteiger partial charge in [-0.05, 0) is 64.9 Å². The average molecular weight is 471 g/mol. The monoisotopic (exact) mass is 470 g/mol. The molecule has 2 aliphatic carbocycles. The van der Waals surface area contributed by atoms with Crippen LogP contribution < -0.4 is 5.32 Å². The molecule has 3 rings (SSSR count). The van der Waals surface area contributed by atoms with Gasteiger partial charge in [-0.1, -0.05) is 48.9 Å². The molecule has 0 saturated heterocycles. The number of hydrogen-bond donors (Lipinski definition) is 1. The summed E-state index contributed by atoms with van der Waals surface area (Å²) in [7, 11) is 1.42. The van der Waals surface area contributed by atoms with Gasteiger partial charge in [0.05, 0.1) is 13.5 Å². The van der Waals surface area contributed by atoms with Crippen molar-refractivity contribution < 1.29 is 19.1 Å². The van der Waals surface area contributed by atoms with Gasteiger partial charge in [0.15, 0.2) is 0 Å². The fourth-order valence-electron chi connectivity index (χ4n) is 5.03. The second-order valence-electron chi connectivity index (χ2n) is 10.6. The van der Waals surface area contributed by atoms with Crippen LogP contribution in [0.1, 0.15) is 78.2 Å². The Bertz CT molecular complexity index is 838. The normalized spacial score (nSPS) is 24.9. The number of benzene rings is 1. The van der Waals surface area contributed by atoms with E-state index in [-0.39, 0.29) is 24.1 Å². The minimum atomic E-state index is -0.514. The summed E-state index contributed by atoms with van der Waals surface area (Å²) in [6, 6.07) is 11.2. The summed E-state index contributed by atoms with van der Waals surface area (Å²) in [4.78, 5) is 26.8. The third kappa shape index (κ3) is 7.59. The number of esters is 1. The molecular formula is C28H42N2O4. The van der Waals surface area contributed by atoms with Crippen LogP contribution in [0.25, 0.3) is 6.08 Å². The van der Waals surface area contributed by atoms with Gasteiger partial charge >= 0.3 is 12.1 Å². The second kappa shape index (κ2) is 11.9. The molecule has 0 aliphatic heterocycles. The Kier molecular flexibility index (Phi) is 9.17. The van der Waals surface area contributed by atoms with E-state index >= 15 is 0 Å². The Morgan fingerprint density at radius 1 is 1.12 bits per heavy atom. The Balaban J connectivity index is 1.65. The first-order valence-corrected chi connectivity index (χ1v) is 12.8. The first-order chi connectivity index (χ1) is 16.2. The first-order valence-electron chi connectivity index (χ1n) is 12.8. The molecule has 1 aromatic carbocycles. The van der Waals surface area contributed by atoms with E-state index in [0.29, 0.717) is 24.9 Å². The Hall–Kier alpha value is -2.34. The van der Waals surface area contributed by atoms with Crippen LogP contribution in [0, 0.1) is 5.92 Å². The van der Waals surface area contributed by atoms with Crippen molar-refractivity contribution in [3.63, 3.8) is 0 Å². The van der Waals surface area contributed by atoms with Crippen LogP contribution in [0.4, 0.5) is 4.79 Å². The van der Waals surface area contributed by atoms with Crippen molar-refractivity contribution in [2.75, 3.05) is 13.7 Å². The summed E-state index contributed by atoms with van der Waals surface area (Å²) in [6.07, 6.45) is 8.35. The van der Waals surface area contributed by atoms with Crippen molar-refractivity contribution in [1.29, 1.82) is 0 Å². The lowest BCUT2D eigenvalue weighted by molar-refractivity contribution is -0.140. The molecule has 2 saturated carbocycles. The molecule has 34 heavy (non-hydrogen) atoms. The third-order valence-corrected chi connectivity index (χ3v) is 6.83. The number of carbonyl (C=O) groups is 2. The van der Waals surface area contributed by atoms with Crippen LogP contribution in [-0.2, 0) is 14.3 Å². The summed E-state index contributed by atoms with van der Waals surface area (Å²) in [5.41, 5.74) is 2.11. The number of methoxy groups -OCH3 is 1. The van der Waals surface area contributed by atoms with Crippen LogP contribution in [-0.4, -0.2) is 54.3 Å². The number of nitrogens with one attached hydrogen (secondary N) is 1. The first kappa shape index (κ1) is 26.3. The van der Waals surface area contributed by atoms with Gasteiger partial charge in [0.1, 0.15) is 5.60 Å². The third-order valence-electron chi connectivity index (χ3n) is 6.83. The maximum absolute atomic E-state index is 13.3. The Labute approximate surface area is 205 Å². The summed E-state index contributed by atoms with van der Waals surface area (Å²) in [5, 5.41) is 3.48. The lowest BCUT2D eigenvalue weighted by Crippen LogP contribution is -2.48. The van der Waals surface area contributed by atoms with Gasteiger partial charge in [-0.25, -0.2) is 4.79 Å². The average Bonchev–Trinajstić information content (AvgIpc) is 3.58. The smallest absolute Gasteiger partial charge is 0.410 e. The molecule has 2 fully saturated rings. The molecule has 2 atom stereocenters. The van der Waals surface area contributed by atoms with Crippen molar-refractivity contribution in [2.24, 2.45) is 5.92 Å². The predicted molar refractivity (Wildman–Crippen MR) is 135 cm³/mol. The molecule has 6 nitrogen and oxygen atoms in total. The number of rotatable bonds is 9. The summed E-state index contributed by atoms with van der Waals surface area (Å²) in [6.45, 7) is 8.63. The molecule has 2 unspecified atom stereocenters. The Morgan fingerprint density at radius 3 is 2.38 bits per heavy atom. The van der Waals surface area contributed by atoms with Crippen molar-refractivity contribution in [3.05, 3.63) is 41.5 Å². The van der Waals surface area contributed by atoms with E-state index in [1.54, 1.807) is 0 Å². The molecule has 1 amide bonds. The fraction of sp³-hybridized carbons (Fsp3) is 0.643. The SMILES string of the molecule is CC/C(=C\c1ccccc1)C1CC1N(C(=O)OC(C)(C)C)C1CCC(NCCC(=O)OC)CC1. The van der Waals surface area contributed by atoms with E-state index in [1.807, 2.05) is 26.8 Å². The standard InChI is InChI=1S/C28H42N2O4/c1-6-21(18-20-10-8-7-9-11-20)24-19-25(24)30(27(32)34-28(2,3)4)23-14-12-22(13-15-23)29-17-16-26(31)33-5/h7-11,18,22-25,29H,6,12-17,19H2,1-5H3/b21-18+. The van der Waals surface area contributed by atoms with E-state index in [2.05, 4.69) is 47.5 Å². The molecule has 0 aromatic heterocycles. The van der Waals surface area contributed by atoms with E-state index in [1.165, 1.54) is 18.2 Å². The van der Waals surface area contributed by atoms with Crippen LogP contribution in [0.3, 0.4) is 0 Å². The van der Waals surface area contributed by atoms with Gasteiger partial charge < -0.3 is 19.7 Å². The highest BCUT2D eigenvalue weighted by Gasteiger charge is 2.49. The van der Waals surface area contributed by atoms with Gasteiger partial charge in [0.25, 0.3) is 0 Å².